The van der Waals surface area contributed by atoms with E-state index in [-0.39, 0.29) is 17.2 Å². The summed E-state index contributed by atoms with van der Waals surface area (Å²) in [5, 5.41) is 8.14. The molecule has 3 heteroatoms. The first kappa shape index (κ1) is 11.9. The summed E-state index contributed by atoms with van der Waals surface area (Å²) in [4.78, 5) is 10.5. The van der Waals surface area contributed by atoms with E-state index in [1.807, 2.05) is 13.0 Å². The van der Waals surface area contributed by atoms with Crippen molar-refractivity contribution in [2.75, 3.05) is 0 Å². The van der Waals surface area contributed by atoms with Crippen LogP contribution in [0.3, 0.4) is 0 Å². The molecule has 3 nitrogen and oxygen atoms in total. The molecule has 0 spiro atoms. The zero-order valence-corrected chi connectivity index (χ0v) is 6.35. The molecular formula is C7H13NO2. The van der Waals surface area contributed by atoms with Crippen molar-refractivity contribution in [3.63, 3.8) is 0 Å². The number of nitrogens with zero attached hydrogens (tertiary/aromatic N) is 1. The first-order valence-electron chi connectivity index (χ1n) is 3.06. The number of ketones is 1. The summed E-state index contributed by atoms with van der Waals surface area (Å²) in [6.45, 7) is 3.40. The molecule has 0 amide bonds. The zero-order chi connectivity index (χ0) is 7.28. The van der Waals surface area contributed by atoms with Crippen molar-refractivity contribution in [1.82, 2.24) is 0 Å². The van der Waals surface area contributed by atoms with Crippen molar-refractivity contribution in [3.05, 3.63) is 0 Å². The van der Waals surface area contributed by atoms with E-state index in [9.17, 15) is 4.79 Å². The van der Waals surface area contributed by atoms with Gasteiger partial charge in [0, 0.05) is 12.3 Å². The third-order valence-corrected chi connectivity index (χ3v) is 1.38. The highest BCUT2D eigenvalue weighted by molar-refractivity contribution is 5.77. The Morgan fingerprint density at radius 1 is 1.70 bits per heavy atom. The van der Waals surface area contributed by atoms with Crippen molar-refractivity contribution in [3.8, 4) is 6.07 Å². The Kier molecular flexibility index (Phi) is 7.41. The molecule has 2 N–H and O–H groups in total. The van der Waals surface area contributed by atoms with Crippen molar-refractivity contribution in [2.24, 2.45) is 5.92 Å². The number of carbonyl (C=O) groups is 1. The van der Waals surface area contributed by atoms with Gasteiger partial charge in [-0.05, 0) is 13.3 Å². The molecule has 0 saturated heterocycles. The second kappa shape index (κ2) is 6.24. The smallest absolute Gasteiger partial charge is 0.132 e. The van der Waals surface area contributed by atoms with Gasteiger partial charge in [0.15, 0.2) is 0 Å². The zero-order valence-electron chi connectivity index (χ0n) is 6.35. The van der Waals surface area contributed by atoms with Crippen LogP contribution < -0.4 is 0 Å². The molecule has 0 aromatic carbocycles. The molecule has 0 radical (unpaired) electrons. The van der Waals surface area contributed by atoms with E-state index in [2.05, 4.69) is 0 Å². The minimum absolute atomic E-state index is 0. The fraction of sp³-hybridized carbons (Fsp3) is 0.714. The largest absolute Gasteiger partial charge is 0.412 e. The van der Waals surface area contributed by atoms with Crippen LogP contribution in [0.2, 0.25) is 0 Å². The molecule has 0 fully saturated rings. The Labute approximate surface area is 61.0 Å². The van der Waals surface area contributed by atoms with Crippen LogP contribution in [0, 0.1) is 17.2 Å². The highest BCUT2D eigenvalue weighted by atomic mass is 16.1. The third-order valence-electron chi connectivity index (χ3n) is 1.38. The maximum atomic E-state index is 10.5. The summed E-state index contributed by atoms with van der Waals surface area (Å²) < 4.78 is 0. The van der Waals surface area contributed by atoms with Crippen LogP contribution in [0.4, 0.5) is 0 Å². The van der Waals surface area contributed by atoms with Gasteiger partial charge in [0.25, 0.3) is 0 Å². The number of nitriles is 1. The molecule has 58 valence electrons. The van der Waals surface area contributed by atoms with Gasteiger partial charge in [-0.25, -0.2) is 0 Å². The Balaban J connectivity index is 0. The SMILES string of the molecule is CC(=O)C(C)CCC#N.O. The van der Waals surface area contributed by atoms with E-state index >= 15 is 0 Å². The molecule has 0 bridgehead atoms. The first-order chi connectivity index (χ1) is 4.18. The molecule has 0 aliphatic rings. The second-order valence-electron chi connectivity index (χ2n) is 2.21. The van der Waals surface area contributed by atoms with Gasteiger partial charge in [-0.1, -0.05) is 6.92 Å². The average Bonchev–Trinajstić information content (AvgIpc) is 1.82. The summed E-state index contributed by atoms with van der Waals surface area (Å²) in [7, 11) is 0. The van der Waals surface area contributed by atoms with E-state index in [1.54, 1.807) is 6.92 Å². The van der Waals surface area contributed by atoms with Gasteiger partial charge in [-0.3, -0.25) is 4.79 Å². The van der Waals surface area contributed by atoms with Gasteiger partial charge in [0.2, 0.25) is 0 Å². The third kappa shape index (κ3) is 5.26. The topological polar surface area (TPSA) is 72.4 Å². The highest BCUT2D eigenvalue weighted by Crippen LogP contribution is 2.04. The normalized spacial score (nSPS) is 10.9. The molecule has 0 rings (SSSR count). The van der Waals surface area contributed by atoms with Crippen molar-refractivity contribution in [1.29, 1.82) is 5.26 Å². The number of carbonyl (C=O) groups excluding carboxylic acids is 1. The summed E-state index contributed by atoms with van der Waals surface area (Å²) in [5.41, 5.74) is 0. The highest BCUT2D eigenvalue weighted by Gasteiger charge is 2.05. The van der Waals surface area contributed by atoms with E-state index in [0.717, 1.165) is 0 Å². The van der Waals surface area contributed by atoms with Gasteiger partial charge in [-0.15, -0.1) is 0 Å². The summed E-state index contributed by atoms with van der Waals surface area (Å²) >= 11 is 0. The fourth-order valence-electron chi connectivity index (χ4n) is 0.484. The van der Waals surface area contributed by atoms with Crippen LogP contribution in [0.1, 0.15) is 26.7 Å². The lowest BCUT2D eigenvalue weighted by Gasteiger charge is -2.00. The lowest BCUT2D eigenvalue weighted by Crippen LogP contribution is -2.04. The van der Waals surface area contributed by atoms with Crippen LogP contribution >= 0.6 is 0 Å². The Hall–Kier alpha value is -0.880. The molecule has 1 unspecified atom stereocenters. The maximum absolute atomic E-state index is 10.5. The molecule has 0 saturated carbocycles. The maximum Gasteiger partial charge on any atom is 0.132 e. The molecule has 0 aliphatic heterocycles. The number of Topliss-reactive ketones (excluding diaryl/α,β-unsaturated/α-hetero) is 1. The van der Waals surface area contributed by atoms with Crippen LogP contribution in [0.25, 0.3) is 0 Å². The molecular weight excluding hydrogens is 130 g/mol. The van der Waals surface area contributed by atoms with Gasteiger partial charge >= 0.3 is 0 Å². The lowest BCUT2D eigenvalue weighted by atomic mass is 10.0. The Bertz CT molecular complexity index is 137. The Morgan fingerprint density at radius 2 is 2.20 bits per heavy atom. The van der Waals surface area contributed by atoms with E-state index in [4.69, 9.17) is 5.26 Å². The number of hydrogen-bond donors (Lipinski definition) is 0. The molecule has 0 aromatic rings. The first-order valence-corrected chi connectivity index (χ1v) is 3.06. The van der Waals surface area contributed by atoms with Crippen LogP contribution in [0.5, 0.6) is 0 Å². The average molecular weight is 143 g/mol. The molecule has 1 atom stereocenters. The standard InChI is InChI=1S/C7H11NO.H2O/c1-6(7(2)9)4-3-5-8;/h6H,3-4H2,1-2H3;1H2. The van der Waals surface area contributed by atoms with Gasteiger partial charge in [0.05, 0.1) is 6.07 Å². The second-order valence-corrected chi connectivity index (χ2v) is 2.21. The molecule has 0 heterocycles. The lowest BCUT2D eigenvalue weighted by molar-refractivity contribution is -0.120. The minimum Gasteiger partial charge on any atom is -0.412 e. The number of hydrogen-bond acceptors (Lipinski definition) is 2. The van der Waals surface area contributed by atoms with Crippen LogP contribution in [0.15, 0.2) is 0 Å². The van der Waals surface area contributed by atoms with Crippen LogP contribution in [-0.2, 0) is 4.79 Å². The van der Waals surface area contributed by atoms with Gasteiger partial charge < -0.3 is 5.48 Å². The minimum atomic E-state index is 0. The van der Waals surface area contributed by atoms with Crippen molar-refractivity contribution in [2.45, 2.75) is 26.7 Å². The van der Waals surface area contributed by atoms with E-state index in [1.165, 1.54) is 0 Å². The molecule has 10 heavy (non-hydrogen) atoms. The van der Waals surface area contributed by atoms with Gasteiger partial charge in [-0.2, -0.15) is 5.26 Å². The summed E-state index contributed by atoms with van der Waals surface area (Å²) in [5.74, 6) is 0.231. The molecule has 0 aliphatic carbocycles. The van der Waals surface area contributed by atoms with Gasteiger partial charge in [0.1, 0.15) is 5.78 Å². The fourth-order valence-corrected chi connectivity index (χ4v) is 0.484. The summed E-state index contributed by atoms with van der Waals surface area (Å²) in [6, 6.07) is 2.00. The predicted molar refractivity (Wildman–Crippen MR) is 38.3 cm³/mol. The number of rotatable bonds is 3. The van der Waals surface area contributed by atoms with E-state index < -0.39 is 0 Å². The molecule has 0 aromatic heterocycles. The summed E-state index contributed by atoms with van der Waals surface area (Å²) in [6.07, 6.45) is 1.19. The monoisotopic (exact) mass is 143 g/mol. The predicted octanol–water partition coefficient (Wildman–Crippen LogP) is 0.691. The quantitative estimate of drug-likeness (QED) is 0.583. The van der Waals surface area contributed by atoms with E-state index in [0.29, 0.717) is 12.8 Å². The van der Waals surface area contributed by atoms with Crippen LogP contribution in [-0.4, -0.2) is 11.3 Å². The van der Waals surface area contributed by atoms with Crippen molar-refractivity contribution < 1.29 is 10.3 Å². The Morgan fingerprint density at radius 3 is 2.50 bits per heavy atom. The van der Waals surface area contributed by atoms with Crippen molar-refractivity contribution >= 4 is 5.78 Å².